The summed E-state index contributed by atoms with van der Waals surface area (Å²) in [6, 6.07) is 10.4. The largest absolute Gasteiger partial charge is 0.366 e. The van der Waals surface area contributed by atoms with Crippen molar-refractivity contribution in [2.24, 2.45) is 11.5 Å². The number of benzene rings is 2. The average Bonchev–Trinajstić information content (AvgIpc) is 2.55. The quantitative estimate of drug-likeness (QED) is 0.783. The van der Waals surface area contributed by atoms with Gasteiger partial charge in [0.15, 0.2) is 0 Å². The van der Waals surface area contributed by atoms with Crippen LogP contribution in [0, 0.1) is 5.82 Å². The predicted octanol–water partition coefficient (Wildman–Crippen LogP) is 2.18. The van der Waals surface area contributed by atoms with E-state index in [0.29, 0.717) is 13.0 Å². The lowest BCUT2D eigenvalue weighted by Crippen LogP contribution is -2.37. The summed E-state index contributed by atoms with van der Waals surface area (Å²) in [6.45, 7) is 0.302. The second-order valence-electron chi connectivity index (χ2n) is 5.19. The van der Waals surface area contributed by atoms with Gasteiger partial charge in [0.2, 0.25) is 5.91 Å². The Balaban J connectivity index is 2.14. The summed E-state index contributed by atoms with van der Waals surface area (Å²) in [5.41, 5.74) is 12.0. The highest BCUT2D eigenvalue weighted by Gasteiger charge is 2.17. The first-order valence-corrected chi connectivity index (χ1v) is 7.63. The number of carbonyl (C=O) groups is 2. The van der Waals surface area contributed by atoms with Crippen LogP contribution in [0.2, 0.25) is 5.02 Å². The molecule has 24 heavy (non-hydrogen) atoms. The van der Waals surface area contributed by atoms with E-state index in [4.69, 9.17) is 23.1 Å². The van der Waals surface area contributed by atoms with Crippen molar-refractivity contribution in [1.29, 1.82) is 0 Å². The van der Waals surface area contributed by atoms with Gasteiger partial charge in [-0.2, -0.15) is 0 Å². The Morgan fingerprint density at radius 3 is 2.54 bits per heavy atom. The maximum Gasteiger partial charge on any atom is 0.254 e. The van der Waals surface area contributed by atoms with Gasteiger partial charge in [-0.15, -0.1) is 0 Å². The van der Waals surface area contributed by atoms with E-state index in [1.807, 2.05) is 0 Å². The van der Waals surface area contributed by atoms with Crippen molar-refractivity contribution in [3.63, 3.8) is 0 Å². The van der Waals surface area contributed by atoms with Crippen molar-refractivity contribution < 1.29 is 14.0 Å². The van der Waals surface area contributed by atoms with Gasteiger partial charge in [0, 0.05) is 12.1 Å². The van der Waals surface area contributed by atoms with Gasteiger partial charge in [-0.05, 0) is 42.3 Å². The van der Waals surface area contributed by atoms with Crippen LogP contribution in [0.4, 0.5) is 4.39 Å². The van der Waals surface area contributed by atoms with Crippen molar-refractivity contribution in [3.05, 3.63) is 70.0 Å². The van der Waals surface area contributed by atoms with Crippen LogP contribution in [-0.2, 0) is 6.42 Å². The Hall–Kier alpha value is -2.44. The van der Waals surface area contributed by atoms with Crippen LogP contribution in [0.1, 0.15) is 26.3 Å². The molecule has 0 fully saturated rings. The van der Waals surface area contributed by atoms with E-state index in [9.17, 15) is 14.0 Å². The van der Waals surface area contributed by atoms with Gasteiger partial charge in [-0.1, -0.05) is 23.7 Å². The molecule has 0 saturated carbocycles. The molecule has 0 aromatic heterocycles. The summed E-state index contributed by atoms with van der Waals surface area (Å²) in [5.74, 6) is -1.40. The molecular weight excluding hydrogens is 333 g/mol. The molecule has 2 aromatic rings. The normalized spacial score (nSPS) is 10.5. The summed E-state index contributed by atoms with van der Waals surface area (Å²) in [5, 5.41) is 0.179. The highest BCUT2D eigenvalue weighted by molar-refractivity contribution is 6.34. The van der Waals surface area contributed by atoms with Crippen LogP contribution in [0.15, 0.2) is 42.5 Å². The molecule has 5 nitrogen and oxygen atoms in total. The molecule has 2 rings (SSSR count). The fourth-order valence-electron chi connectivity index (χ4n) is 2.26. The van der Waals surface area contributed by atoms with Crippen molar-refractivity contribution >= 4 is 23.4 Å². The third-order valence-corrected chi connectivity index (χ3v) is 3.88. The van der Waals surface area contributed by atoms with Crippen LogP contribution in [-0.4, -0.2) is 29.9 Å². The number of primary amides is 1. The third-order valence-electron chi connectivity index (χ3n) is 3.55. The van der Waals surface area contributed by atoms with E-state index >= 15 is 0 Å². The second-order valence-corrected chi connectivity index (χ2v) is 5.60. The summed E-state index contributed by atoms with van der Waals surface area (Å²) >= 11 is 5.88. The highest BCUT2D eigenvalue weighted by atomic mass is 35.5. The summed E-state index contributed by atoms with van der Waals surface area (Å²) in [6.07, 6.45) is 0.455. The molecule has 0 aliphatic rings. The molecule has 0 radical (unpaired) electrons. The minimum Gasteiger partial charge on any atom is -0.366 e. The first-order chi connectivity index (χ1) is 11.4. The van der Waals surface area contributed by atoms with Crippen molar-refractivity contribution in [1.82, 2.24) is 4.90 Å². The molecule has 0 bridgehead atoms. The maximum atomic E-state index is 13.2. The molecule has 126 valence electrons. The zero-order valence-electron chi connectivity index (χ0n) is 12.8. The van der Waals surface area contributed by atoms with E-state index < -0.39 is 5.91 Å². The van der Waals surface area contributed by atoms with Crippen LogP contribution < -0.4 is 11.5 Å². The predicted molar refractivity (Wildman–Crippen MR) is 90.2 cm³/mol. The monoisotopic (exact) mass is 349 g/mol. The van der Waals surface area contributed by atoms with Crippen LogP contribution in [0.5, 0.6) is 0 Å². The molecule has 7 heteroatoms. The van der Waals surface area contributed by atoms with Gasteiger partial charge in [-0.3, -0.25) is 9.59 Å². The zero-order valence-corrected chi connectivity index (χ0v) is 13.6. The summed E-state index contributed by atoms with van der Waals surface area (Å²) in [4.78, 5) is 25.3. The summed E-state index contributed by atoms with van der Waals surface area (Å²) in [7, 11) is 0. The molecule has 4 N–H and O–H groups in total. The third kappa shape index (κ3) is 4.31. The number of carbonyl (C=O) groups excluding carboxylic acids is 2. The van der Waals surface area contributed by atoms with Gasteiger partial charge in [-0.25, -0.2) is 4.39 Å². The number of nitrogens with two attached hydrogens (primary N) is 2. The van der Waals surface area contributed by atoms with E-state index in [2.05, 4.69) is 0 Å². The van der Waals surface area contributed by atoms with Crippen molar-refractivity contribution in [2.45, 2.75) is 6.42 Å². The molecule has 0 saturated heterocycles. The molecule has 0 atom stereocenters. The summed E-state index contributed by atoms with van der Waals surface area (Å²) < 4.78 is 13.2. The second kappa shape index (κ2) is 7.90. The smallest absolute Gasteiger partial charge is 0.254 e. The van der Waals surface area contributed by atoms with Gasteiger partial charge in [0.25, 0.3) is 5.91 Å². The minimum absolute atomic E-state index is 0.0112. The Morgan fingerprint density at radius 1 is 1.17 bits per heavy atom. The first-order valence-electron chi connectivity index (χ1n) is 7.25. The van der Waals surface area contributed by atoms with Crippen molar-refractivity contribution in [2.75, 3.05) is 13.2 Å². The molecule has 2 aromatic carbocycles. The lowest BCUT2D eigenvalue weighted by Gasteiger charge is -2.21. The zero-order chi connectivity index (χ0) is 17.7. The van der Waals surface area contributed by atoms with E-state index in [1.54, 1.807) is 12.1 Å². The van der Waals surface area contributed by atoms with Gasteiger partial charge >= 0.3 is 0 Å². The molecule has 0 spiro atoms. The number of nitrogens with zero attached hydrogens (tertiary/aromatic N) is 1. The Kier molecular flexibility index (Phi) is 5.89. The number of amides is 2. The standard InChI is InChI=1S/C17H17ClFN3O2/c18-15-5-4-12(9-14(15)16(21)23)17(24)22(10-20)7-6-11-2-1-3-13(19)8-11/h1-5,8-9H,6-7,10,20H2,(H2,21,23). The Labute approximate surface area is 144 Å². The van der Waals surface area contributed by atoms with Gasteiger partial charge < -0.3 is 16.4 Å². The molecule has 0 aliphatic heterocycles. The average molecular weight is 350 g/mol. The number of hydrogen-bond donors (Lipinski definition) is 2. The SMILES string of the molecule is NCN(CCc1cccc(F)c1)C(=O)c1ccc(Cl)c(C(N)=O)c1. The molecular formula is C17H17ClFN3O2. The Morgan fingerprint density at radius 2 is 1.92 bits per heavy atom. The van der Waals surface area contributed by atoms with E-state index in [1.165, 1.54) is 35.2 Å². The van der Waals surface area contributed by atoms with Gasteiger partial charge in [0.1, 0.15) is 5.82 Å². The molecule has 0 unspecified atom stereocenters. The minimum atomic E-state index is -0.714. The number of hydrogen-bond acceptors (Lipinski definition) is 3. The lowest BCUT2D eigenvalue weighted by molar-refractivity contribution is 0.0761. The van der Waals surface area contributed by atoms with Crippen LogP contribution in [0.25, 0.3) is 0 Å². The molecule has 2 amide bonds. The lowest BCUT2D eigenvalue weighted by atomic mass is 10.1. The number of rotatable bonds is 6. The fourth-order valence-corrected chi connectivity index (χ4v) is 2.47. The van der Waals surface area contributed by atoms with E-state index in [0.717, 1.165) is 5.56 Å². The number of halogens is 2. The van der Waals surface area contributed by atoms with E-state index in [-0.39, 0.29) is 34.5 Å². The molecule has 0 heterocycles. The fraction of sp³-hybridized carbons (Fsp3) is 0.176. The van der Waals surface area contributed by atoms with Gasteiger partial charge in [0.05, 0.1) is 17.3 Å². The topological polar surface area (TPSA) is 89.4 Å². The van der Waals surface area contributed by atoms with Crippen LogP contribution >= 0.6 is 11.6 Å². The highest BCUT2D eigenvalue weighted by Crippen LogP contribution is 2.18. The molecule has 0 aliphatic carbocycles. The van der Waals surface area contributed by atoms with Crippen molar-refractivity contribution in [3.8, 4) is 0 Å². The first kappa shape index (κ1) is 17.9. The van der Waals surface area contributed by atoms with Crippen LogP contribution in [0.3, 0.4) is 0 Å². The Bertz CT molecular complexity index is 767. The maximum absolute atomic E-state index is 13.2.